The van der Waals surface area contributed by atoms with Crippen LogP contribution < -0.4 is 10.1 Å². The van der Waals surface area contributed by atoms with Crippen molar-refractivity contribution in [2.24, 2.45) is 10.2 Å². The molecule has 0 radical (unpaired) electrons. The van der Waals surface area contributed by atoms with Crippen LogP contribution in [0.4, 0.5) is 5.69 Å². The maximum Gasteiger partial charge on any atom is 0.248 e. The van der Waals surface area contributed by atoms with Crippen molar-refractivity contribution in [3.05, 3.63) is 87.6 Å². The van der Waals surface area contributed by atoms with Crippen LogP contribution in [0.15, 0.2) is 71.4 Å². The van der Waals surface area contributed by atoms with Crippen molar-refractivity contribution in [3.63, 3.8) is 0 Å². The van der Waals surface area contributed by atoms with Crippen molar-refractivity contribution in [2.45, 2.75) is 6.67 Å². The first-order valence-electron chi connectivity index (χ1n) is 9.98. The third kappa shape index (κ3) is 7.39. The van der Waals surface area contributed by atoms with E-state index in [1.165, 1.54) is 10.8 Å². The SMILES string of the molecule is [N-]=[N+]=NCOCCOc1ccc(NC(=O)/C=C/c2cnccc2-c2cnn(CN=[N+]=[N-])c2)cc1. The van der Waals surface area contributed by atoms with Crippen LogP contribution in [0.3, 0.4) is 0 Å². The zero-order valence-electron chi connectivity index (χ0n) is 17.9. The van der Waals surface area contributed by atoms with E-state index in [0.29, 0.717) is 18.0 Å². The number of ether oxygens (including phenoxy) is 2. The number of rotatable bonds is 12. The van der Waals surface area contributed by atoms with E-state index < -0.39 is 0 Å². The predicted molar refractivity (Wildman–Crippen MR) is 124 cm³/mol. The fraction of sp³-hybridized carbons (Fsp3) is 0.190. The van der Waals surface area contributed by atoms with Gasteiger partial charge in [-0.25, -0.2) is 0 Å². The van der Waals surface area contributed by atoms with Gasteiger partial charge in [-0.3, -0.25) is 14.5 Å². The van der Waals surface area contributed by atoms with Crippen LogP contribution in [0, 0.1) is 0 Å². The van der Waals surface area contributed by atoms with Crippen molar-refractivity contribution in [3.8, 4) is 16.9 Å². The second kappa shape index (κ2) is 12.9. The van der Waals surface area contributed by atoms with E-state index in [1.54, 1.807) is 55.1 Å². The van der Waals surface area contributed by atoms with E-state index in [0.717, 1.165) is 16.7 Å². The number of anilines is 1. The van der Waals surface area contributed by atoms with Crippen molar-refractivity contribution in [1.82, 2.24) is 14.8 Å². The van der Waals surface area contributed by atoms with Gasteiger partial charge in [0.1, 0.15) is 25.8 Å². The Morgan fingerprint density at radius 2 is 1.94 bits per heavy atom. The molecule has 0 atom stereocenters. The summed E-state index contributed by atoms with van der Waals surface area (Å²) in [6, 6.07) is 8.69. The molecule has 1 aromatic carbocycles. The summed E-state index contributed by atoms with van der Waals surface area (Å²) in [6.45, 7) is 0.630. The highest BCUT2D eigenvalue weighted by molar-refractivity contribution is 6.02. The third-order valence-electron chi connectivity index (χ3n) is 4.31. The molecular weight excluding hydrogens is 440 g/mol. The topological polar surface area (TPSA) is 176 Å². The van der Waals surface area contributed by atoms with E-state index in [2.05, 4.69) is 35.5 Å². The number of azide groups is 2. The molecule has 1 N–H and O–H groups in total. The molecule has 2 aromatic heterocycles. The number of benzene rings is 1. The van der Waals surface area contributed by atoms with Gasteiger partial charge in [0.2, 0.25) is 5.91 Å². The number of carbonyl (C=O) groups excluding carboxylic acids is 1. The minimum atomic E-state index is -0.311. The summed E-state index contributed by atoms with van der Waals surface area (Å²) in [6.07, 6.45) is 9.76. The van der Waals surface area contributed by atoms with E-state index in [1.807, 2.05) is 6.07 Å². The monoisotopic (exact) mass is 460 g/mol. The Balaban J connectivity index is 1.55. The average Bonchev–Trinajstić information content (AvgIpc) is 3.33. The van der Waals surface area contributed by atoms with Crippen LogP contribution in [0.25, 0.3) is 38.1 Å². The Bertz CT molecular complexity index is 1230. The van der Waals surface area contributed by atoms with Crippen molar-refractivity contribution < 1.29 is 14.3 Å². The van der Waals surface area contributed by atoms with E-state index in [4.69, 9.17) is 20.5 Å². The smallest absolute Gasteiger partial charge is 0.248 e. The van der Waals surface area contributed by atoms with Crippen LogP contribution in [-0.4, -0.2) is 40.6 Å². The molecule has 13 nitrogen and oxygen atoms in total. The number of pyridine rings is 1. The number of carbonyl (C=O) groups is 1. The van der Waals surface area contributed by atoms with Crippen molar-refractivity contribution >= 4 is 17.7 Å². The number of hydrogen-bond acceptors (Lipinski definition) is 7. The van der Waals surface area contributed by atoms with Gasteiger partial charge in [0.15, 0.2) is 0 Å². The second-order valence-electron chi connectivity index (χ2n) is 6.57. The normalized spacial score (nSPS) is 10.4. The minimum Gasteiger partial charge on any atom is -0.491 e. The molecule has 172 valence electrons. The maximum absolute atomic E-state index is 12.4. The number of aromatic nitrogens is 3. The lowest BCUT2D eigenvalue weighted by Crippen LogP contribution is -2.08. The summed E-state index contributed by atoms with van der Waals surface area (Å²) in [4.78, 5) is 21.8. The Hall–Kier alpha value is -4.83. The maximum atomic E-state index is 12.4. The zero-order valence-corrected chi connectivity index (χ0v) is 17.9. The summed E-state index contributed by atoms with van der Waals surface area (Å²) >= 11 is 0. The van der Waals surface area contributed by atoms with E-state index in [9.17, 15) is 4.79 Å². The molecule has 3 aromatic rings. The van der Waals surface area contributed by atoms with Gasteiger partial charge in [-0.15, -0.1) is 0 Å². The Morgan fingerprint density at radius 1 is 1.12 bits per heavy atom. The van der Waals surface area contributed by atoms with Crippen LogP contribution in [0.5, 0.6) is 5.75 Å². The predicted octanol–water partition coefficient (Wildman–Crippen LogP) is 4.53. The number of amides is 1. The molecule has 13 heteroatoms. The van der Waals surface area contributed by atoms with Gasteiger partial charge in [0.05, 0.1) is 12.8 Å². The van der Waals surface area contributed by atoms with Gasteiger partial charge in [-0.05, 0) is 53.0 Å². The Morgan fingerprint density at radius 3 is 2.74 bits per heavy atom. The fourth-order valence-corrected chi connectivity index (χ4v) is 2.81. The van der Waals surface area contributed by atoms with Crippen LogP contribution >= 0.6 is 0 Å². The van der Waals surface area contributed by atoms with Gasteiger partial charge in [0.25, 0.3) is 0 Å². The molecular formula is C21H20N10O3. The molecule has 3 rings (SSSR count). The lowest BCUT2D eigenvalue weighted by atomic mass is 10.0. The highest BCUT2D eigenvalue weighted by Crippen LogP contribution is 2.23. The lowest BCUT2D eigenvalue weighted by molar-refractivity contribution is -0.111. The zero-order chi connectivity index (χ0) is 24.0. The first-order valence-corrected chi connectivity index (χ1v) is 9.98. The molecule has 1 amide bonds. The molecule has 0 bridgehead atoms. The fourth-order valence-electron chi connectivity index (χ4n) is 2.81. The molecule has 0 unspecified atom stereocenters. The highest BCUT2D eigenvalue weighted by Gasteiger charge is 2.07. The van der Waals surface area contributed by atoms with E-state index >= 15 is 0 Å². The van der Waals surface area contributed by atoms with Crippen molar-refractivity contribution in [1.29, 1.82) is 0 Å². The molecule has 0 aliphatic carbocycles. The van der Waals surface area contributed by atoms with Gasteiger partial charge >= 0.3 is 0 Å². The highest BCUT2D eigenvalue weighted by atomic mass is 16.5. The van der Waals surface area contributed by atoms with Gasteiger partial charge in [-0.2, -0.15) is 5.10 Å². The average molecular weight is 460 g/mol. The summed E-state index contributed by atoms with van der Waals surface area (Å²) in [5.41, 5.74) is 19.6. The Kier molecular flexibility index (Phi) is 9.03. The lowest BCUT2D eigenvalue weighted by Gasteiger charge is -2.07. The standard InChI is InChI=1S/C21H20N10O3/c22-29-25-14-31-13-17(12-27-31)20-7-8-24-11-16(20)1-6-21(32)28-18-2-4-19(5-3-18)34-10-9-33-15-26-30-23/h1-8,11-13H,9-10,14-15H2,(H,28,32)/b6-1+. The summed E-state index contributed by atoms with van der Waals surface area (Å²) in [5, 5.41) is 13.7. The van der Waals surface area contributed by atoms with Gasteiger partial charge in [0, 0.05) is 51.3 Å². The molecule has 0 saturated carbocycles. The van der Waals surface area contributed by atoms with Crippen LogP contribution in [0.2, 0.25) is 0 Å². The quantitative estimate of drug-likeness (QED) is 0.137. The number of hydrogen-bond donors (Lipinski definition) is 1. The molecule has 0 aliphatic heterocycles. The van der Waals surface area contributed by atoms with Crippen molar-refractivity contribution in [2.75, 3.05) is 25.3 Å². The summed E-state index contributed by atoms with van der Waals surface area (Å²) in [7, 11) is 0. The first-order chi connectivity index (χ1) is 16.7. The van der Waals surface area contributed by atoms with E-state index in [-0.39, 0.29) is 25.9 Å². The number of nitrogens with zero attached hydrogens (tertiary/aromatic N) is 9. The van der Waals surface area contributed by atoms with Gasteiger partial charge in [-0.1, -0.05) is 10.2 Å². The molecule has 34 heavy (non-hydrogen) atoms. The minimum absolute atomic E-state index is 0.0417. The Labute approximate surface area is 193 Å². The summed E-state index contributed by atoms with van der Waals surface area (Å²) < 4.78 is 12.1. The summed E-state index contributed by atoms with van der Waals surface area (Å²) in [5.74, 6) is 0.302. The second-order valence-corrected chi connectivity index (χ2v) is 6.57. The molecule has 0 fully saturated rings. The largest absolute Gasteiger partial charge is 0.491 e. The van der Waals surface area contributed by atoms with Crippen LogP contribution in [0.1, 0.15) is 5.56 Å². The number of nitrogens with one attached hydrogen (secondary N) is 1. The van der Waals surface area contributed by atoms with Gasteiger partial charge < -0.3 is 14.8 Å². The third-order valence-corrected chi connectivity index (χ3v) is 4.31. The van der Waals surface area contributed by atoms with Crippen LogP contribution in [-0.2, 0) is 16.2 Å². The molecule has 0 saturated heterocycles. The molecule has 0 spiro atoms. The molecule has 0 aliphatic rings. The molecule has 2 heterocycles. The first kappa shape index (κ1) is 23.8.